The first kappa shape index (κ1) is 18.2. The molecular weight excluding hydrogens is 392 g/mol. The van der Waals surface area contributed by atoms with Crippen molar-refractivity contribution in [1.29, 1.82) is 0 Å². The molecule has 2 aromatic carbocycles. The van der Waals surface area contributed by atoms with Gasteiger partial charge >= 0.3 is 6.09 Å². The molecule has 29 heavy (non-hydrogen) atoms. The largest absolute Gasteiger partial charge is 0.465 e. The van der Waals surface area contributed by atoms with Crippen LogP contribution < -0.4 is 4.74 Å². The number of halogens is 1. The molecule has 1 saturated heterocycles. The Hall–Kier alpha value is -2.83. The Morgan fingerprint density at radius 3 is 2.62 bits per heavy atom. The van der Waals surface area contributed by atoms with E-state index in [9.17, 15) is 4.79 Å². The summed E-state index contributed by atoms with van der Waals surface area (Å²) in [5.41, 5.74) is 3.14. The highest BCUT2D eigenvalue weighted by Crippen LogP contribution is 2.39. The summed E-state index contributed by atoms with van der Waals surface area (Å²) in [4.78, 5) is 16.7. The van der Waals surface area contributed by atoms with Crippen LogP contribution >= 0.6 is 11.6 Å². The first-order valence-corrected chi connectivity index (χ1v) is 9.89. The molecule has 2 aliphatic heterocycles. The topological polar surface area (TPSA) is 71.9 Å². The number of aromatic nitrogens is 1. The number of piperidine rings is 1. The zero-order chi connectivity index (χ0) is 20.0. The number of hydrogen-bond acceptors (Lipinski definition) is 4. The van der Waals surface area contributed by atoms with E-state index in [1.54, 1.807) is 6.20 Å². The highest BCUT2D eigenvalue weighted by molar-refractivity contribution is 6.30. The standard InChI is InChI=1S/C22H19ClN2O4/c23-20-11-17-9-14(1-2-16(17)12-24-20)15-3-4-19-18(10-15)13-28-22(29-19)5-7-25(8-6-22)21(26)27/h1-4,9-12H,5-8,13H2,(H,26,27). The summed E-state index contributed by atoms with van der Waals surface area (Å²) in [5, 5.41) is 11.7. The molecule has 1 aromatic heterocycles. The molecule has 1 N–H and O–H groups in total. The fourth-order valence-electron chi connectivity index (χ4n) is 3.99. The number of hydrogen-bond donors (Lipinski definition) is 1. The number of rotatable bonds is 1. The summed E-state index contributed by atoms with van der Waals surface area (Å²) in [6, 6.07) is 14.1. The van der Waals surface area contributed by atoms with Crippen molar-refractivity contribution in [1.82, 2.24) is 9.88 Å². The van der Waals surface area contributed by atoms with E-state index >= 15 is 0 Å². The van der Waals surface area contributed by atoms with E-state index in [1.807, 2.05) is 24.3 Å². The predicted octanol–water partition coefficient (Wildman–Crippen LogP) is 4.93. The van der Waals surface area contributed by atoms with Gasteiger partial charge in [0.25, 0.3) is 0 Å². The second kappa shape index (κ2) is 6.90. The first-order valence-electron chi connectivity index (χ1n) is 9.51. The maximum absolute atomic E-state index is 11.1. The number of carbonyl (C=O) groups is 1. The predicted molar refractivity (Wildman–Crippen MR) is 109 cm³/mol. The number of nitrogens with zero attached hydrogens (tertiary/aromatic N) is 2. The van der Waals surface area contributed by atoms with Crippen molar-refractivity contribution < 1.29 is 19.4 Å². The van der Waals surface area contributed by atoms with Gasteiger partial charge in [0, 0.05) is 43.1 Å². The number of pyridine rings is 1. The Balaban J connectivity index is 1.40. The molecule has 2 aliphatic rings. The van der Waals surface area contributed by atoms with Crippen molar-refractivity contribution in [2.24, 2.45) is 0 Å². The van der Waals surface area contributed by atoms with E-state index in [0.29, 0.717) is 37.7 Å². The van der Waals surface area contributed by atoms with E-state index in [-0.39, 0.29) is 0 Å². The molecule has 0 radical (unpaired) electrons. The fraction of sp³-hybridized carbons (Fsp3) is 0.273. The van der Waals surface area contributed by atoms with Crippen molar-refractivity contribution in [2.45, 2.75) is 25.2 Å². The van der Waals surface area contributed by atoms with Gasteiger partial charge in [0.2, 0.25) is 5.79 Å². The highest BCUT2D eigenvalue weighted by atomic mass is 35.5. The van der Waals surface area contributed by atoms with Gasteiger partial charge in [-0.3, -0.25) is 0 Å². The Morgan fingerprint density at radius 1 is 1.07 bits per heavy atom. The minimum absolute atomic E-state index is 0.414. The van der Waals surface area contributed by atoms with Gasteiger partial charge in [-0.2, -0.15) is 0 Å². The monoisotopic (exact) mass is 410 g/mol. The number of benzene rings is 2. The van der Waals surface area contributed by atoms with E-state index in [4.69, 9.17) is 26.2 Å². The van der Waals surface area contributed by atoms with Gasteiger partial charge < -0.3 is 19.5 Å². The number of carboxylic acid groups (broad SMARTS) is 1. The molecule has 0 atom stereocenters. The Kier molecular flexibility index (Phi) is 4.33. The van der Waals surface area contributed by atoms with Crippen LogP contribution in [0.4, 0.5) is 4.79 Å². The lowest BCUT2D eigenvalue weighted by atomic mass is 9.98. The van der Waals surface area contributed by atoms with Crippen LogP contribution in [0.25, 0.3) is 21.9 Å². The van der Waals surface area contributed by atoms with Crippen LogP contribution in [0.2, 0.25) is 5.15 Å². The van der Waals surface area contributed by atoms with Gasteiger partial charge in [-0.15, -0.1) is 0 Å². The van der Waals surface area contributed by atoms with Gasteiger partial charge in [0.15, 0.2) is 0 Å². The van der Waals surface area contributed by atoms with Crippen LogP contribution in [-0.2, 0) is 11.3 Å². The molecule has 3 heterocycles. The molecule has 0 bridgehead atoms. The third kappa shape index (κ3) is 3.39. The zero-order valence-electron chi connectivity index (χ0n) is 15.6. The quantitative estimate of drug-likeness (QED) is 0.575. The molecule has 0 aliphatic carbocycles. The molecule has 1 spiro atoms. The van der Waals surface area contributed by atoms with Crippen molar-refractivity contribution >= 4 is 28.5 Å². The van der Waals surface area contributed by atoms with Crippen molar-refractivity contribution in [3.63, 3.8) is 0 Å². The van der Waals surface area contributed by atoms with Crippen molar-refractivity contribution in [3.8, 4) is 16.9 Å². The molecule has 5 rings (SSSR count). The maximum Gasteiger partial charge on any atom is 0.407 e. The van der Waals surface area contributed by atoms with Crippen LogP contribution in [0.3, 0.4) is 0 Å². The van der Waals surface area contributed by atoms with Crippen LogP contribution in [0.15, 0.2) is 48.7 Å². The number of amides is 1. The van der Waals surface area contributed by atoms with Crippen molar-refractivity contribution in [2.75, 3.05) is 13.1 Å². The fourth-order valence-corrected chi connectivity index (χ4v) is 4.16. The first-order chi connectivity index (χ1) is 14.0. The molecule has 7 heteroatoms. The smallest absolute Gasteiger partial charge is 0.407 e. The second-order valence-corrected chi connectivity index (χ2v) is 7.85. The lowest BCUT2D eigenvalue weighted by molar-refractivity contribution is -0.225. The summed E-state index contributed by atoms with van der Waals surface area (Å²) in [7, 11) is 0. The number of ether oxygens (including phenoxy) is 2. The average Bonchev–Trinajstić information content (AvgIpc) is 2.73. The maximum atomic E-state index is 11.1. The van der Waals surface area contributed by atoms with Gasteiger partial charge in [-0.1, -0.05) is 29.8 Å². The van der Waals surface area contributed by atoms with E-state index < -0.39 is 11.9 Å². The molecule has 0 unspecified atom stereocenters. The van der Waals surface area contributed by atoms with Gasteiger partial charge in [-0.05, 0) is 40.8 Å². The van der Waals surface area contributed by atoms with Crippen LogP contribution in [0, 0.1) is 0 Å². The van der Waals surface area contributed by atoms with E-state index in [1.165, 1.54) is 4.90 Å². The van der Waals surface area contributed by atoms with Gasteiger partial charge in [0.1, 0.15) is 10.9 Å². The minimum atomic E-state index is -0.895. The Labute approximate surface area is 172 Å². The SMILES string of the molecule is O=C(O)N1CCC2(CC1)OCc1cc(-c3ccc4cnc(Cl)cc4c3)ccc1O2. The minimum Gasteiger partial charge on any atom is -0.465 e. The molecule has 1 fully saturated rings. The number of likely N-dealkylation sites (tertiary alicyclic amines) is 1. The summed E-state index contributed by atoms with van der Waals surface area (Å²) >= 11 is 6.03. The molecule has 1 amide bonds. The summed E-state index contributed by atoms with van der Waals surface area (Å²) in [6.07, 6.45) is 1.93. The van der Waals surface area contributed by atoms with Crippen molar-refractivity contribution in [3.05, 3.63) is 59.4 Å². The van der Waals surface area contributed by atoms with Crippen LogP contribution in [-0.4, -0.2) is 40.0 Å². The zero-order valence-corrected chi connectivity index (χ0v) is 16.4. The van der Waals surface area contributed by atoms with Gasteiger partial charge in [-0.25, -0.2) is 9.78 Å². The third-order valence-electron chi connectivity index (χ3n) is 5.66. The van der Waals surface area contributed by atoms with Crippen LogP contribution in [0.1, 0.15) is 18.4 Å². The second-order valence-electron chi connectivity index (χ2n) is 7.46. The summed E-state index contributed by atoms with van der Waals surface area (Å²) < 4.78 is 12.3. The lowest BCUT2D eigenvalue weighted by Crippen LogP contribution is -2.52. The average molecular weight is 411 g/mol. The third-order valence-corrected chi connectivity index (χ3v) is 5.87. The highest BCUT2D eigenvalue weighted by Gasteiger charge is 2.41. The van der Waals surface area contributed by atoms with E-state index in [0.717, 1.165) is 33.2 Å². The Morgan fingerprint density at radius 2 is 1.83 bits per heavy atom. The Bertz CT molecular complexity index is 1110. The van der Waals surface area contributed by atoms with Gasteiger partial charge in [0.05, 0.1) is 6.61 Å². The number of fused-ring (bicyclic) bond motifs is 2. The molecular formula is C22H19ClN2O4. The normalized spacial score (nSPS) is 17.8. The molecule has 148 valence electrons. The van der Waals surface area contributed by atoms with Crippen LogP contribution in [0.5, 0.6) is 5.75 Å². The molecule has 3 aromatic rings. The summed E-state index contributed by atoms with van der Waals surface area (Å²) in [5.74, 6) is 0.0736. The molecule has 0 saturated carbocycles. The molecule has 6 nitrogen and oxygen atoms in total. The summed E-state index contributed by atoms with van der Waals surface area (Å²) in [6.45, 7) is 1.27. The lowest BCUT2D eigenvalue weighted by Gasteiger charge is -2.43. The van der Waals surface area contributed by atoms with E-state index in [2.05, 4.69) is 23.2 Å².